The first-order valence-electron chi connectivity index (χ1n) is 9.59. The summed E-state index contributed by atoms with van der Waals surface area (Å²) in [6.45, 7) is 4.96. The molecule has 2 heterocycles. The van der Waals surface area contributed by atoms with Gasteiger partial charge in [-0.1, -0.05) is 6.08 Å². The SMILES string of the molecule is [CH2]CN(C)Cc1cn(C2CCCCO2)nc1C1=CCC(CF)(CF)CC1. The number of allylic oxidation sites excluding steroid dienone is 2. The van der Waals surface area contributed by atoms with Crippen LogP contribution in [0.25, 0.3) is 5.57 Å². The summed E-state index contributed by atoms with van der Waals surface area (Å²) in [7, 11) is 2.03. The fourth-order valence-electron chi connectivity index (χ4n) is 3.70. The molecule has 0 N–H and O–H groups in total. The molecule has 0 saturated carbocycles. The summed E-state index contributed by atoms with van der Waals surface area (Å²) in [6.07, 6.45) is 8.90. The molecular weight excluding hydrogens is 336 g/mol. The van der Waals surface area contributed by atoms with Gasteiger partial charge in [-0.15, -0.1) is 0 Å². The summed E-state index contributed by atoms with van der Waals surface area (Å²) >= 11 is 0. The largest absolute Gasteiger partial charge is 0.357 e. The second kappa shape index (κ2) is 8.61. The lowest BCUT2D eigenvalue weighted by Gasteiger charge is -2.31. The minimum Gasteiger partial charge on any atom is -0.357 e. The first-order valence-corrected chi connectivity index (χ1v) is 9.59. The van der Waals surface area contributed by atoms with Gasteiger partial charge in [0.15, 0.2) is 0 Å². The highest BCUT2D eigenvalue weighted by Crippen LogP contribution is 2.40. The van der Waals surface area contributed by atoms with E-state index in [1.54, 1.807) is 0 Å². The van der Waals surface area contributed by atoms with E-state index in [2.05, 4.69) is 18.0 Å². The van der Waals surface area contributed by atoms with Gasteiger partial charge >= 0.3 is 0 Å². The number of rotatable bonds is 7. The molecule has 1 atom stereocenters. The standard InChI is InChI=1S/C20H30F2N3O/c1-3-24(2)12-17-13-25(18-6-4-5-11-26-18)23-19(17)16-7-9-20(14-21,15-22)10-8-16/h7,13,18H,1,3-6,8-12,14-15H2,2H3. The van der Waals surface area contributed by atoms with E-state index in [0.717, 1.165) is 49.2 Å². The monoisotopic (exact) mass is 366 g/mol. The number of nitrogens with zero attached hydrogens (tertiary/aromatic N) is 3. The van der Waals surface area contributed by atoms with Crippen LogP contribution in [0.1, 0.15) is 56.0 Å². The lowest BCUT2D eigenvalue weighted by Crippen LogP contribution is -2.28. The van der Waals surface area contributed by atoms with Gasteiger partial charge in [-0.05, 0) is 64.6 Å². The zero-order chi connectivity index (χ0) is 18.6. The fraction of sp³-hybridized carbons (Fsp3) is 0.700. The summed E-state index contributed by atoms with van der Waals surface area (Å²) in [5.41, 5.74) is 2.35. The van der Waals surface area contributed by atoms with Crippen molar-refractivity contribution in [3.63, 3.8) is 0 Å². The Labute approximate surface area is 155 Å². The summed E-state index contributed by atoms with van der Waals surface area (Å²) in [5.74, 6) is 0. The number of hydrogen-bond acceptors (Lipinski definition) is 3. The third-order valence-electron chi connectivity index (χ3n) is 5.66. The summed E-state index contributed by atoms with van der Waals surface area (Å²) in [5, 5.41) is 4.83. The van der Waals surface area contributed by atoms with Crippen molar-refractivity contribution in [3.05, 3.63) is 30.5 Å². The Balaban J connectivity index is 1.86. The number of aromatic nitrogens is 2. The predicted molar refractivity (Wildman–Crippen MR) is 99.0 cm³/mol. The molecule has 1 saturated heterocycles. The number of halogens is 2. The molecule has 0 bridgehead atoms. The summed E-state index contributed by atoms with van der Waals surface area (Å²) < 4.78 is 34.4. The molecule has 1 aromatic heterocycles. The maximum absolute atomic E-state index is 13.3. The molecule has 1 unspecified atom stereocenters. The molecule has 2 aliphatic rings. The van der Waals surface area contributed by atoms with Gasteiger partial charge in [0, 0.05) is 30.3 Å². The molecule has 0 amide bonds. The second-order valence-corrected chi connectivity index (χ2v) is 7.74. The Morgan fingerprint density at radius 3 is 2.77 bits per heavy atom. The molecule has 1 aromatic rings. The maximum Gasteiger partial charge on any atom is 0.150 e. The van der Waals surface area contributed by atoms with Crippen molar-refractivity contribution in [2.24, 2.45) is 5.41 Å². The number of ether oxygens (including phenoxy) is 1. The first kappa shape index (κ1) is 19.5. The number of hydrogen-bond donors (Lipinski definition) is 0. The lowest BCUT2D eigenvalue weighted by atomic mass is 9.76. The molecule has 3 rings (SSSR count). The van der Waals surface area contributed by atoms with Crippen molar-refractivity contribution < 1.29 is 13.5 Å². The highest BCUT2D eigenvalue weighted by atomic mass is 19.1. The van der Waals surface area contributed by atoms with E-state index in [1.807, 2.05) is 17.8 Å². The molecule has 1 aliphatic heterocycles. The van der Waals surface area contributed by atoms with Crippen LogP contribution in [0.3, 0.4) is 0 Å². The molecule has 0 spiro atoms. The van der Waals surface area contributed by atoms with Gasteiger partial charge in [-0.25, -0.2) is 4.68 Å². The van der Waals surface area contributed by atoms with Crippen LogP contribution in [0.4, 0.5) is 8.78 Å². The minimum absolute atomic E-state index is 0.0127. The van der Waals surface area contributed by atoms with Gasteiger partial charge in [0.2, 0.25) is 0 Å². The van der Waals surface area contributed by atoms with E-state index in [4.69, 9.17) is 9.84 Å². The van der Waals surface area contributed by atoms with Crippen LogP contribution in [0.2, 0.25) is 0 Å². The van der Waals surface area contributed by atoms with Crippen LogP contribution >= 0.6 is 0 Å². The van der Waals surface area contributed by atoms with Crippen molar-refractivity contribution in [1.82, 2.24) is 14.7 Å². The molecular formula is C20H30F2N3O. The second-order valence-electron chi connectivity index (χ2n) is 7.74. The van der Waals surface area contributed by atoms with Gasteiger partial charge in [0.05, 0.1) is 19.0 Å². The van der Waals surface area contributed by atoms with Crippen molar-refractivity contribution in [2.45, 2.75) is 51.3 Å². The molecule has 145 valence electrons. The van der Waals surface area contributed by atoms with Crippen molar-refractivity contribution in [2.75, 3.05) is 33.5 Å². The van der Waals surface area contributed by atoms with Crippen molar-refractivity contribution in [1.29, 1.82) is 0 Å². The molecule has 6 heteroatoms. The van der Waals surface area contributed by atoms with E-state index >= 15 is 0 Å². The smallest absolute Gasteiger partial charge is 0.150 e. The topological polar surface area (TPSA) is 30.3 Å². The molecule has 0 aromatic carbocycles. The van der Waals surface area contributed by atoms with E-state index in [-0.39, 0.29) is 6.23 Å². The molecule has 1 fully saturated rings. The zero-order valence-corrected chi connectivity index (χ0v) is 15.7. The van der Waals surface area contributed by atoms with Gasteiger partial charge < -0.3 is 9.64 Å². The molecule has 1 aliphatic carbocycles. The van der Waals surface area contributed by atoms with Crippen LogP contribution in [-0.4, -0.2) is 48.2 Å². The fourth-order valence-corrected chi connectivity index (χ4v) is 3.70. The quantitative estimate of drug-likeness (QED) is 0.719. The van der Waals surface area contributed by atoms with Gasteiger partial charge in [0.25, 0.3) is 0 Å². The number of alkyl halides is 2. The third kappa shape index (κ3) is 4.17. The van der Waals surface area contributed by atoms with E-state index < -0.39 is 18.8 Å². The van der Waals surface area contributed by atoms with E-state index in [0.29, 0.717) is 25.8 Å². The van der Waals surface area contributed by atoms with Crippen LogP contribution in [-0.2, 0) is 11.3 Å². The van der Waals surface area contributed by atoms with Crippen LogP contribution in [0, 0.1) is 12.3 Å². The van der Waals surface area contributed by atoms with Crippen LogP contribution in [0.5, 0.6) is 0 Å². The molecule has 4 nitrogen and oxygen atoms in total. The predicted octanol–water partition coefficient (Wildman–Crippen LogP) is 4.34. The summed E-state index contributed by atoms with van der Waals surface area (Å²) in [6, 6.07) is 0. The first-order chi connectivity index (χ1) is 12.6. The van der Waals surface area contributed by atoms with Crippen molar-refractivity contribution >= 4 is 5.57 Å². The van der Waals surface area contributed by atoms with Gasteiger partial charge in [-0.2, -0.15) is 5.10 Å². The Kier molecular flexibility index (Phi) is 6.46. The maximum atomic E-state index is 13.3. The third-order valence-corrected chi connectivity index (χ3v) is 5.66. The zero-order valence-electron chi connectivity index (χ0n) is 15.7. The normalized spacial score (nSPS) is 23.3. The van der Waals surface area contributed by atoms with Crippen LogP contribution < -0.4 is 0 Å². The lowest BCUT2D eigenvalue weighted by molar-refractivity contribution is -0.0396. The average molecular weight is 366 g/mol. The van der Waals surface area contributed by atoms with Crippen LogP contribution in [0.15, 0.2) is 12.3 Å². The summed E-state index contributed by atoms with van der Waals surface area (Å²) in [4.78, 5) is 2.13. The highest BCUT2D eigenvalue weighted by molar-refractivity contribution is 5.66. The van der Waals surface area contributed by atoms with Crippen molar-refractivity contribution in [3.8, 4) is 0 Å². The average Bonchev–Trinajstić information content (AvgIpc) is 3.12. The van der Waals surface area contributed by atoms with Gasteiger partial charge in [0.1, 0.15) is 6.23 Å². The Hall–Kier alpha value is -1.27. The Bertz CT molecular complexity index is 619. The van der Waals surface area contributed by atoms with E-state index in [1.165, 1.54) is 0 Å². The Morgan fingerprint density at radius 2 is 2.19 bits per heavy atom. The highest BCUT2D eigenvalue weighted by Gasteiger charge is 2.34. The molecule has 1 radical (unpaired) electrons. The molecule has 26 heavy (non-hydrogen) atoms. The van der Waals surface area contributed by atoms with E-state index in [9.17, 15) is 8.78 Å². The van der Waals surface area contributed by atoms with Gasteiger partial charge in [-0.3, -0.25) is 8.78 Å². The minimum atomic E-state index is -0.831. The Morgan fingerprint density at radius 1 is 1.38 bits per heavy atom.